The topological polar surface area (TPSA) is 117 Å². The number of methoxy groups -OCH3 is 1. The van der Waals surface area contributed by atoms with Gasteiger partial charge in [0.15, 0.2) is 10.8 Å². The number of amides is 1. The van der Waals surface area contributed by atoms with Crippen LogP contribution in [-0.2, 0) is 4.74 Å². The molecule has 33 heavy (non-hydrogen) atoms. The number of hydrogen-bond acceptors (Lipinski definition) is 7. The Kier molecular flexibility index (Phi) is 5.67. The quantitative estimate of drug-likeness (QED) is 0.558. The molecule has 3 aromatic rings. The summed E-state index contributed by atoms with van der Waals surface area (Å²) in [4.78, 5) is 11.8. The second-order valence-corrected chi connectivity index (χ2v) is 8.83. The Hall–Kier alpha value is -3.17. The molecule has 1 amide bonds. The number of rotatable bonds is 6. The van der Waals surface area contributed by atoms with Crippen LogP contribution in [0.5, 0.6) is 5.75 Å². The molecule has 0 radical (unpaired) electrons. The maximum absolute atomic E-state index is 11.8. The van der Waals surface area contributed by atoms with Crippen molar-refractivity contribution in [2.75, 3.05) is 19.0 Å². The molecule has 0 bridgehead atoms. The minimum atomic E-state index is -0.710. The molecule has 3 N–H and O–H groups in total. The molecule has 172 valence electrons. The van der Waals surface area contributed by atoms with Crippen molar-refractivity contribution in [1.29, 1.82) is 0 Å². The summed E-state index contributed by atoms with van der Waals surface area (Å²) in [5, 5.41) is 15.5. The normalized spacial score (nSPS) is 22.1. The van der Waals surface area contributed by atoms with Crippen molar-refractivity contribution in [2.24, 2.45) is 5.73 Å². The zero-order valence-corrected chi connectivity index (χ0v) is 19.0. The van der Waals surface area contributed by atoms with E-state index in [1.165, 1.54) is 6.07 Å². The first-order valence-electron chi connectivity index (χ1n) is 11.0. The molecule has 3 heterocycles. The second kappa shape index (κ2) is 8.64. The molecule has 2 aromatic heterocycles. The van der Waals surface area contributed by atoms with E-state index in [4.69, 9.17) is 31.9 Å². The number of nitrogens with two attached hydrogens (primary N) is 1. The molecule has 1 aromatic carbocycles. The number of anilines is 2. The predicted molar refractivity (Wildman–Crippen MR) is 124 cm³/mol. The third kappa shape index (κ3) is 3.91. The van der Waals surface area contributed by atoms with Crippen LogP contribution in [0.25, 0.3) is 11.1 Å². The zero-order chi connectivity index (χ0) is 23.0. The van der Waals surface area contributed by atoms with Crippen molar-refractivity contribution in [3.63, 3.8) is 0 Å². The molecule has 1 aliphatic heterocycles. The van der Waals surface area contributed by atoms with E-state index in [0.29, 0.717) is 17.1 Å². The van der Waals surface area contributed by atoms with Gasteiger partial charge in [0.1, 0.15) is 5.75 Å². The number of halogens is 1. The number of nitrogens with zero attached hydrogens (tertiary/aromatic N) is 4. The van der Waals surface area contributed by atoms with Crippen molar-refractivity contribution in [2.45, 2.75) is 43.7 Å². The SMILES string of the molecule is COc1c(Nc2cc(Cl)nnc2C(N)=O)cccc1-c1cnn([C@@H]2CCC[C@]23CCCO3)c1. The third-order valence-electron chi connectivity index (χ3n) is 6.54. The minimum Gasteiger partial charge on any atom is -0.494 e. The number of hydrogen-bond donors (Lipinski definition) is 2. The third-order valence-corrected chi connectivity index (χ3v) is 6.72. The number of carbonyl (C=O) groups is 1. The lowest BCUT2D eigenvalue weighted by Crippen LogP contribution is -2.34. The molecule has 10 heteroatoms. The van der Waals surface area contributed by atoms with E-state index in [1.54, 1.807) is 7.11 Å². The molecule has 2 atom stereocenters. The molecule has 5 rings (SSSR count). The summed E-state index contributed by atoms with van der Waals surface area (Å²) in [5.74, 6) is -0.114. The minimum absolute atomic E-state index is 0.0113. The van der Waals surface area contributed by atoms with Gasteiger partial charge in [0, 0.05) is 30.0 Å². The van der Waals surface area contributed by atoms with Crippen LogP contribution in [0.1, 0.15) is 48.6 Å². The molecule has 9 nitrogen and oxygen atoms in total. The summed E-state index contributed by atoms with van der Waals surface area (Å²) in [6, 6.07) is 7.44. The van der Waals surface area contributed by atoms with Crippen LogP contribution in [0, 0.1) is 0 Å². The highest BCUT2D eigenvalue weighted by molar-refractivity contribution is 6.29. The Morgan fingerprint density at radius 3 is 2.91 bits per heavy atom. The largest absolute Gasteiger partial charge is 0.494 e. The van der Waals surface area contributed by atoms with Gasteiger partial charge in [-0.25, -0.2) is 0 Å². The van der Waals surface area contributed by atoms with Crippen molar-refractivity contribution in [3.8, 4) is 16.9 Å². The molecule has 1 aliphatic carbocycles. The molecule has 1 saturated heterocycles. The number of aromatic nitrogens is 4. The van der Waals surface area contributed by atoms with E-state index < -0.39 is 5.91 Å². The van der Waals surface area contributed by atoms with Gasteiger partial charge < -0.3 is 20.5 Å². The molecular formula is C23H25ClN6O3. The first kappa shape index (κ1) is 21.7. The van der Waals surface area contributed by atoms with Crippen LogP contribution < -0.4 is 15.8 Å². The van der Waals surface area contributed by atoms with E-state index in [2.05, 4.69) is 21.7 Å². The van der Waals surface area contributed by atoms with E-state index in [0.717, 1.165) is 49.8 Å². The summed E-state index contributed by atoms with van der Waals surface area (Å²) >= 11 is 5.99. The highest BCUT2D eigenvalue weighted by atomic mass is 35.5. The molecule has 1 saturated carbocycles. The van der Waals surface area contributed by atoms with Gasteiger partial charge in [-0.3, -0.25) is 9.48 Å². The maximum Gasteiger partial charge on any atom is 0.271 e. The number of nitrogens with one attached hydrogen (secondary N) is 1. The zero-order valence-electron chi connectivity index (χ0n) is 18.3. The fraction of sp³-hybridized carbons (Fsp3) is 0.391. The standard InChI is InChI=1S/C23H25ClN6O3/c1-32-21-15(5-2-6-16(21)27-17-11-19(24)28-29-20(17)22(25)31)14-12-26-30(13-14)18-7-3-8-23(18)9-4-10-33-23/h2,5-6,11-13,18H,3-4,7-10H2,1H3,(H2,25,31)(H,27,28)/t18-,23+/m1/s1. The lowest BCUT2D eigenvalue weighted by molar-refractivity contribution is -0.0247. The van der Waals surface area contributed by atoms with Gasteiger partial charge in [0.2, 0.25) is 0 Å². The van der Waals surface area contributed by atoms with Gasteiger partial charge in [-0.15, -0.1) is 10.2 Å². The fourth-order valence-corrected chi connectivity index (χ4v) is 5.24. The lowest BCUT2D eigenvalue weighted by Gasteiger charge is -2.30. The number of carbonyl (C=O) groups excluding carboxylic acids is 1. The number of primary amides is 1. The van der Waals surface area contributed by atoms with Crippen LogP contribution in [0.2, 0.25) is 5.15 Å². The summed E-state index contributed by atoms with van der Waals surface area (Å²) in [7, 11) is 1.60. The molecule has 1 spiro atoms. The van der Waals surface area contributed by atoms with Gasteiger partial charge in [0.05, 0.1) is 36.3 Å². The second-order valence-electron chi connectivity index (χ2n) is 8.44. The van der Waals surface area contributed by atoms with E-state index in [-0.39, 0.29) is 22.5 Å². The van der Waals surface area contributed by atoms with Gasteiger partial charge in [-0.1, -0.05) is 23.7 Å². The predicted octanol–water partition coefficient (Wildman–Crippen LogP) is 4.12. The van der Waals surface area contributed by atoms with Crippen LogP contribution in [0.4, 0.5) is 11.4 Å². The Morgan fingerprint density at radius 1 is 1.30 bits per heavy atom. The first-order chi connectivity index (χ1) is 16.0. The van der Waals surface area contributed by atoms with Crippen molar-refractivity contribution in [1.82, 2.24) is 20.0 Å². The highest BCUT2D eigenvalue weighted by Gasteiger charge is 2.47. The average molecular weight is 469 g/mol. The van der Waals surface area contributed by atoms with Crippen LogP contribution in [-0.4, -0.2) is 45.2 Å². The lowest BCUT2D eigenvalue weighted by atomic mass is 9.94. The van der Waals surface area contributed by atoms with Gasteiger partial charge >= 0.3 is 0 Å². The molecule has 2 aliphatic rings. The summed E-state index contributed by atoms with van der Waals surface area (Å²) in [6.07, 6.45) is 9.38. The van der Waals surface area contributed by atoms with E-state index >= 15 is 0 Å². The fourth-order valence-electron chi connectivity index (χ4n) is 5.10. The van der Waals surface area contributed by atoms with Crippen LogP contribution in [0.3, 0.4) is 0 Å². The highest BCUT2D eigenvalue weighted by Crippen LogP contribution is 2.48. The molecule has 0 unspecified atom stereocenters. The first-order valence-corrected chi connectivity index (χ1v) is 11.3. The van der Waals surface area contributed by atoms with Crippen LogP contribution in [0.15, 0.2) is 36.7 Å². The van der Waals surface area contributed by atoms with Crippen molar-refractivity contribution in [3.05, 3.63) is 47.5 Å². The molecule has 2 fully saturated rings. The van der Waals surface area contributed by atoms with Crippen LogP contribution >= 0.6 is 11.6 Å². The molecular weight excluding hydrogens is 444 g/mol. The number of ether oxygens (including phenoxy) is 2. The van der Waals surface area contributed by atoms with Gasteiger partial charge in [-0.2, -0.15) is 5.10 Å². The summed E-state index contributed by atoms with van der Waals surface area (Å²) < 4.78 is 14.0. The van der Waals surface area contributed by atoms with Gasteiger partial charge in [-0.05, 0) is 38.2 Å². The monoisotopic (exact) mass is 468 g/mol. The summed E-state index contributed by atoms with van der Waals surface area (Å²) in [6.45, 7) is 0.827. The Labute approximate surface area is 196 Å². The summed E-state index contributed by atoms with van der Waals surface area (Å²) in [5.41, 5.74) is 8.11. The maximum atomic E-state index is 11.8. The average Bonchev–Trinajstić information content (AvgIpc) is 3.55. The van der Waals surface area contributed by atoms with Gasteiger partial charge in [0.25, 0.3) is 5.91 Å². The number of benzene rings is 1. The Morgan fingerprint density at radius 2 is 2.15 bits per heavy atom. The van der Waals surface area contributed by atoms with Crippen molar-refractivity contribution >= 4 is 28.9 Å². The van der Waals surface area contributed by atoms with Crippen molar-refractivity contribution < 1.29 is 14.3 Å². The van der Waals surface area contributed by atoms with E-state index in [1.807, 2.05) is 29.1 Å². The smallest absolute Gasteiger partial charge is 0.271 e. The Bertz CT molecular complexity index is 1190. The Balaban J connectivity index is 1.49. The number of para-hydroxylation sites is 1. The van der Waals surface area contributed by atoms with E-state index in [9.17, 15) is 4.79 Å².